The first-order chi connectivity index (χ1) is 10.2. The first-order valence-electron chi connectivity index (χ1n) is 6.40. The van der Waals surface area contributed by atoms with Crippen LogP contribution in [0, 0.1) is 0 Å². The average Bonchev–Trinajstić information content (AvgIpc) is 3.03. The number of hydrogen-bond donors (Lipinski definition) is 0. The number of ketones is 1. The number of rotatable bonds is 4. The summed E-state index contributed by atoms with van der Waals surface area (Å²) in [6.45, 7) is 0.291. The summed E-state index contributed by atoms with van der Waals surface area (Å²) in [5, 5.41) is 2.02. The summed E-state index contributed by atoms with van der Waals surface area (Å²) in [5.41, 5.74) is 1.63. The second kappa shape index (κ2) is 6.28. The lowest BCUT2D eigenvalue weighted by atomic mass is 10.1. The highest BCUT2D eigenvalue weighted by atomic mass is 79.9. The van der Waals surface area contributed by atoms with Crippen LogP contribution in [0.25, 0.3) is 10.6 Å². The maximum absolute atomic E-state index is 12.2. The number of benzene rings is 1. The Kier molecular flexibility index (Phi) is 4.22. The Morgan fingerprint density at radius 2 is 2.00 bits per heavy atom. The molecule has 0 amide bonds. The third-order valence-corrected chi connectivity index (χ3v) is 4.46. The molecule has 0 aliphatic carbocycles. The smallest absolute Gasteiger partial charge is 0.287 e. The molecular weight excluding hydrogens is 348 g/mol. The van der Waals surface area contributed by atoms with E-state index in [1.165, 1.54) is 0 Å². The van der Waals surface area contributed by atoms with Crippen LogP contribution in [0.3, 0.4) is 0 Å². The molecule has 0 saturated heterocycles. The van der Waals surface area contributed by atoms with Crippen LogP contribution in [0.2, 0.25) is 0 Å². The van der Waals surface area contributed by atoms with E-state index in [0.29, 0.717) is 12.1 Å². The molecule has 0 aliphatic heterocycles. The normalized spacial score (nSPS) is 10.5. The molecule has 0 unspecified atom stereocenters. The zero-order valence-corrected chi connectivity index (χ0v) is 13.5. The predicted octanol–water partition coefficient (Wildman–Crippen LogP) is 3.74. The number of aromatic nitrogens is 2. The van der Waals surface area contributed by atoms with E-state index in [9.17, 15) is 4.79 Å². The minimum Gasteiger partial charge on any atom is -0.290 e. The number of carbonyl (C=O) groups is 1. The predicted molar refractivity (Wildman–Crippen MR) is 86.2 cm³/mol. The van der Waals surface area contributed by atoms with Crippen molar-refractivity contribution in [2.24, 2.45) is 0 Å². The van der Waals surface area contributed by atoms with E-state index < -0.39 is 0 Å². The molecule has 1 aromatic carbocycles. The molecule has 0 radical (unpaired) electrons. The molecule has 5 heteroatoms. The second-order valence-electron chi connectivity index (χ2n) is 4.53. The number of carbonyl (C=O) groups excluding carboxylic acids is 1. The molecule has 0 N–H and O–H groups in total. The van der Waals surface area contributed by atoms with Crippen molar-refractivity contribution in [1.82, 2.24) is 4.98 Å². The van der Waals surface area contributed by atoms with Gasteiger partial charge >= 0.3 is 0 Å². The number of Topliss-reactive ketones (excluding diaryl/α,β-unsaturated/α-hetero) is 1. The number of thiophene rings is 1. The first kappa shape index (κ1) is 14.1. The Morgan fingerprint density at radius 3 is 2.62 bits per heavy atom. The highest BCUT2D eigenvalue weighted by Gasteiger charge is 2.12. The molecule has 0 fully saturated rings. The molecule has 3 nitrogen and oxygen atoms in total. The maximum Gasteiger partial charge on any atom is 0.287 e. The molecule has 0 spiro atoms. The molecule has 3 rings (SSSR count). The monoisotopic (exact) mass is 359 g/mol. The van der Waals surface area contributed by atoms with Crippen LogP contribution in [0.15, 0.2) is 64.8 Å². The summed E-state index contributed by atoms with van der Waals surface area (Å²) in [4.78, 5) is 17.7. The van der Waals surface area contributed by atoms with Gasteiger partial charge in [0, 0.05) is 16.1 Å². The van der Waals surface area contributed by atoms with Crippen molar-refractivity contribution in [1.29, 1.82) is 0 Å². The van der Waals surface area contributed by atoms with Crippen LogP contribution >= 0.6 is 27.3 Å². The second-order valence-corrected chi connectivity index (χ2v) is 6.39. The Morgan fingerprint density at radius 1 is 1.19 bits per heavy atom. The van der Waals surface area contributed by atoms with Gasteiger partial charge < -0.3 is 0 Å². The first-order valence-corrected chi connectivity index (χ1v) is 8.07. The topological polar surface area (TPSA) is 33.8 Å². The number of hydrogen-bond acceptors (Lipinski definition) is 3. The fourth-order valence-corrected chi connectivity index (χ4v) is 2.91. The van der Waals surface area contributed by atoms with Crippen LogP contribution in [0.1, 0.15) is 10.4 Å². The van der Waals surface area contributed by atoms with E-state index in [0.717, 1.165) is 15.0 Å². The quantitative estimate of drug-likeness (QED) is 0.525. The summed E-state index contributed by atoms with van der Waals surface area (Å²) in [6.07, 6.45) is 3.59. The van der Waals surface area contributed by atoms with Gasteiger partial charge in [-0.25, -0.2) is 4.57 Å². The summed E-state index contributed by atoms with van der Waals surface area (Å²) in [7, 11) is 0. The molecule has 2 aromatic heterocycles. The minimum absolute atomic E-state index is 0.0678. The SMILES string of the molecule is O=C(C[n+]1ccc(-c2cccs2)nc1)c1ccc(Br)cc1. The molecule has 3 aromatic rings. The van der Waals surface area contributed by atoms with Crippen LogP contribution in [-0.2, 0) is 6.54 Å². The van der Waals surface area contributed by atoms with E-state index in [1.54, 1.807) is 22.2 Å². The largest absolute Gasteiger partial charge is 0.290 e. The van der Waals surface area contributed by atoms with E-state index >= 15 is 0 Å². The Balaban J connectivity index is 1.73. The zero-order valence-electron chi connectivity index (χ0n) is 11.1. The summed E-state index contributed by atoms with van der Waals surface area (Å²) in [6, 6.07) is 13.3. The summed E-state index contributed by atoms with van der Waals surface area (Å²) < 4.78 is 2.76. The van der Waals surface area contributed by atoms with Crippen LogP contribution < -0.4 is 4.57 Å². The van der Waals surface area contributed by atoms with Crippen LogP contribution in [-0.4, -0.2) is 10.8 Å². The molecule has 2 heterocycles. The summed E-state index contributed by atoms with van der Waals surface area (Å²) >= 11 is 5.01. The zero-order chi connectivity index (χ0) is 14.7. The fourth-order valence-electron chi connectivity index (χ4n) is 1.94. The van der Waals surface area contributed by atoms with Gasteiger partial charge in [0.15, 0.2) is 12.2 Å². The third kappa shape index (κ3) is 3.43. The van der Waals surface area contributed by atoms with Crippen LogP contribution in [0.4, 0.5) is 0 Å². The Bertz CT molecular complexity index is 737. The van der Waals surface area contributed by atoms with Crippen molar-refractivity contribution >= 4 is 33.0 Å². The van der Waals surface area contributed by atoms with Gasteiger partial charge in [-0.05, 0) is 28.6 Å². The molecule has 21 heavy (non-hydrogen) atoms. The standard InChI is InChI=1S/C16H12BrN2OS/c17-13-5-3-12(4-6-13)15(20)10-19-8-7-14(18-11-19)16-2-1-9-21-16/h1-9,11H,10H2/q+1. The minimum atomic E-state index is 0.0678. The van der Waals surface area contributed by atoms with E-state index in [-0.39, 0.29) is 5.78 Å². The number of nitrogens with zero attached hydrogens (tertiary/aromatic N) is 2. The van der Waals surface area contributed by atoms with Gasteiger partial charge in [-0.2, -0.15) is 0 Å². The van der Waals surface area contributed by atoms with Crippen molar-refractivity contribution in [3.63, 3.8) is 0 Å². The van der Waals surface area contributed by atoms with Crippen molar-refractivity contribution in [2.45, 2.75) is 6.54 Å². The van der Waals surface area contributed by atoms with Gasteiger partial charge in [0.05, 0.1) is 11.1 Å². The van der Waals surface area contributed by atoms with Crippen molar-refractivity contribution in [2.75, 3.05) is 0 Å². The highest BCUT2D eigenvalue weighted by molar-refractivity contribution is 9.10. The van der Waals surface area contributed by atoms with Gasteiger partial charge in [0.25, 0.3) is 6.33 Å². The molecule has 104 valence electrons. The third-order valence-electron chi connectivity index (χ3n) is 3.04. The van der Waals surface area contributed by atoms with E-state index in [4.69, 9.17) is 0 Å². The van der Waals surface area contributed by atoms with Crippen molar-refractivity contribution in [3.8, 4) is 10.6 Å². The molecule has 0 atom stereocenters. The average molecular weight is 360 g/mol. The van der Waals surface area contributed by atoms with Gasteiger partial charge in [0.1, 0.15) is 0 Å². The van der Waals surface area contributed by atoms with Crippen LogP contribution in [0.5, 0.6) is 0 Å². The lowest BCUT2D eigenvalue weighted by Gasteiger charge is -2.00. The van der Waals surface area contributed by atoms with Gasteiger partial charge in [-0.1, -0.05) is 34.1 Å². The van der Waals surface area contributed by atoms with Gasteiger partial charge in [-0.15, -0.1) is 11.3 Å². The van der Waals surface area contributed by atoms with Crippen molar-refractivity contribution in [3.05, 3.63) is 70.4 Å². The fraction of sp³-hybridized carbons (Fsp3) is 0.0625. The number of halogens is 1. The highest BCUT2D eigenvalue weighted by Crippen LogP contribution is 2.20. The lowest BCUT2D eigenvalue weighted by Crippen LogP contribution is -2.37. The van der Waals surface area contributed by atoms with E-state index in [1.807, 2.05) is 54.0 Å². The molecule has 0 aliphatic rings. The Labute approximate surface area is 135 Å². The maximum atomic E-state index is 12.2. The van der Waals surface area contributed by atoms with Crippen molar-refractivity contribution < 1.29 is 9.36 Å². The molecule has 0 bridgehead atoms. The lowest BCUT2D eigenvalue weighted by molar-refractivity contribution is -0.686. The Hall–Kier alpha value is -1.85. The molecular formula is C16H12BrN2OS+. The van der Waals surface area contributed by atoms with Gasteiger partial charge in [0.2, 0.25) is 5.78 Å². The molecule has 0 saturated carbocycles. The van der Waals surface area contributed by atoms with Gasteiger partial charge in [-0.3, -0.25) is 4.79 Å². The van der Waals surface area contributed by atoms with E-state index in [2.05, 4.69) is 20.9 Å². The summed E-state index contributed by atoms with van der Waals surface area (Å²) in [5.74, 6) is 0.0678.